The molecule has 0 bridgehead atoms. The number of carbonyl (C=O) groups excluding carboxylic acids is 1. The van der Waals surface area contributed by atoms with E-state index in [1.807, 2.05) is 16.7 Å². The van der Waals surface area contributed by atoms with Crippen LogP contribution < -0.4 is 5.32 Å². The van der Waals surface area contributed by atoms with Gasteiger partial charge in [0, 0.05) is 11.3 Å². The fraction of sp³-hybridized carbons (Fsp3) is 0.643. The van der Waals surface area contributed by atoms with Gasteiger partial charge in [-0.3, -0.25) is 10.1 Å². The molecule has 0 aliphatic carbocycles. The zero-order chi connectivity index (χ0) is 13.9. The zero-order valence-corrected chi connectivity index (χ0v) is 13.4. The van der Waals surface area contributed by atoms with Crippen molar-refractivity contribution >= 4 is 29.0 Å². The van der Waals surface area contributed by atoms with Gasteiger partial charge in [0.15, 0.2) is 0 Å². The number of rotatable bonds is 6. The predicted octanol–water partition coefficient (Wildman–Crippen LogP) is 3.10. The van der Waals surface area contributed by atoms with Crippen molar-refractivity contribution < 1.29 is 4.79 Å². The van der Waals surface area contributed by atoms with Gasteiger partial charge in [-0.15, -0.1) is 0 Å². The summed E-state index contributed by atoms with van der Waals surface area (Å²) in [6.45, 7) is 5.72. The zero-order valence-electron chi connectivity index (χ0n) is 11.8. The van der Waals surface area contributed by atoms with E-state index in [0.717, 1.165) is 19.4 Å². The molecule has 1 aromatic heterocycles. The minimum Gasteiger partial charge on any atom is -0.320 e. The highest BCUT2D eigenvalue weighted by Gasteiger charge is 2.37. The van der Waals surface area contributed by atoms with E-state index in [2.05, 4.69) is 42.2 Å². The highest BCUT2D eigenvalue weighted by molar-refractivity contribution is 8.00. The topological polar surface area (TPSA) is 32.3 Å². The van der Waals surface area contributed by atoms with Crippen molar-refractivity contribution in [3.05, 3.63) is 22.4 Å². The number of amides is 1. The first kappa shape index (κ1) is 14.9. The van der Waals surface area contributed by atoms with Crippen LogP contribution in [0.25, 0.3) is 0 Å². The fourth-order valence-electron chi connectivity index (χ4n) is 2.58. The van der Waals surface area contributed by atoms with Gasteiger partial charge >= 0.3 is 0 Å². The lowest BCUT2D eigenvalue weighted by atomic mass is 10.0. The van der Waals surface area contributed by atoms with E-state index in [-0.39, 0.29) is 16.8 Å². The molecule has 1 aromatic rings. The van der Waals surface area contributed by atoms with Crippen LogP contribution in [0.1, 0.15) is 38.4 Å². The highest BCUT2D eigenvalue weighted by atomic mass is 32.2. The molecule has 0 spiro atoms. The first-order valence-electron chi connectivity index (χ1n) is 6.76. The lowest BCUT2D eigenvalue weighted by Gasteiger charge is -2.36. The summed E-state index contributed by atoms with van der Waals surface area (Å²) in [7, 11) is 0. The van der Waals surface area contributed by atoms with Crippen LogP contribution in [0.3, 0.4) is 0 Å². The molecule has 2 rings (SSSR count). The highest BCUT2D eigenvalue weighted by Crippen LogP contribution is 2.35. The van der Waals surface area contributed by atoms with Gasteiger partial charge in [-0.25, -0.2) is 0 Å². The maximum absolute atomic E-state index is 12.2. The molecule has 5 heteroatoms. The Balaban J connectivity index is 2.18. The van der Waals surface area contributed by atoms with E-state index in [1.54, 1.807) is 11.3 Å². The van der Waals surface area contributed by atoms with Gasteiger partial charge in [0.25, 0.3) is 0 Å². The number of hydrogen-bond acceptors (Lipinski definition) is 4. The average molecular weight is 298 g/mol. The van der Waals surface area contributed by atoms with E-state index < -0.39 is 0 Å². The normalized spacial score (nSPS) is 20.3. The standard InChI is InChI=1S/C14H22N2OS2/c1-4-14(5-2,18-3)10-16-12(17)8-15-13(16)11-6-7-19-9-11/h6-7,9,13,15H,4-5,8,10H2,1-3H3. The third kappa shape index (κ3) is 2.98. The number of carbonyl (C=O) groups is 1. The Morgan fingerprint density at radius 2 is 2.26 bits per heavy atom. The van der Waals surface area contributed by atoms with Gasteiger partial charge in [-0.1, -0.05) is 13.8 Å². The Hall–Kier alpha value is -0.520. The molecule has 1 aliphatic rings. The van der Waals surface area contributed by atoms with Crippen LogP contribution in [-0.4, -0.2) is 34.9 Å². The first-order valence-corrected chi connectivity index (χ1v) is 8.92. The molecule has 1 fully saturated rings. The van der Waals surface area contributed by atoms with Crippen LogP contribution >= 0.6 is 23.1 Å². The summed E-state index contributed by atoms with van der Waals surface area (Å²) in [6, 6.07) is 2.10. The minimum atomic E-state index is 0.0587. The Labute approximate surface area is 123 Å². The van der Waals surface area contributed by atoms with Crippen molar-refractivity contribution in [2.24, 2.45) is 0 Å². The van der Waals surface area contributed by atoms with E-state index in [4.69, 9.17) is 0 Å². The van der Waals surface area contributed by atoms with Crippen molar-refractivity contribution in [1.82, 2.24) is 10.2 Å². The summed E-state index contributed by atoms with van der Waals surface area (Å²) >= 11 is 3.57. The lowest BCUT2D eigenvalue weighted by molar-refractivity contribution is -0.128. The fourth-order valence-corrected chi connectivity index (χ4v) is 4.11. The molecule has 19 heavy (non-hydrogen) atoms. The smallest absolute Gasteiger partial charge is 0.238 e. The lowest BCUT2D eigenvalue weighted by Crippen LogP contribution is -2.42. The van der Waals surface area contributed by atoms with E-state index in [1.165, 1.54) is 5.56 Å². The number of thioether (sulfide) groups is 1. The second-order valence-electron chi connectivity index (χ2n) is 4.96. The second kappa shape index (κ2) is 6.29. The van der Waals surface area contributed by atoms with Gasteiger partial charge < -0.3 is 4.90 Å². The van der Waals surface area contributed by atoms with Crippen molar-refractivity contribution in [3.8, 4) is 0 Å². The number of nitrogens with one attached hydrogen (secondary N) is 1. The Bertz CT molecular complexity index is 407. The van der Waals surface area contributed by atoms with Crippen LogP contribution in [0, 0.1) is 0 Å². The van der Waals surface area contributed by atoms with Crippen LogP contribution in [0.15, 0.2) is 16.8 Å². The number of thiophene rings is 1. The van der Waals surface area contributed by atoms with Gasteiger partial charge in [0.1, 0.15) is 6.17 Å². The van der Waals surface area contributed by atoms with Crippen LogP contribution in [0.5, 0.6) is 0 Å². The summed E-state index contributed by atoms with van der Waals surface area (Å²) in [6.07, 6.45) is 4.39. The number of hydrogen-bond donors (Lipinski definition) is 1. The molecule has 0 radical (unpaired) electrons. The molecular weight excluding hydrogens is 276 g/mol. The average Bonchev–Trinajstić information content (AvgIpc) is 3.07. The monoisotopic (exact) mass is 298 g/mol. The summed E-state index contributed by atoms with van der Waals surface area (Å²) in [5.41, 5.74) is 1.21. The molecule has 1 aliphatic heterocycles. The summed E-state index contributed by atoms with van der Waals surface area (Å²) in [4.78, 5) is 14.2. The van der Waals surface area contributed by atoms with Gasteiger partial charge in [0.05, 0.1) is 6.54 Å². The summed E-state index contributed by atoms with van der Waals surface area (Å²) in [5.74, 6) is 0.219. The largest absolute Gasteiger partial charge is 0.320 e. The molecule has 0 aromatic carbocycles. The molecular formula is C14H22N2OS2. The molecule has 1 amide bonds. The van der Waals surface area contributed by atoms with Gasteiger partial charge in [0.2, 0.25) is 5.91 Å². The van der Waals surface area contributed by atoms with E-state index >= 15 is 0 Å². The maximum Gasteiger partial charge on any atom is 0.238 e. The molecule has 1 atom stereocenters. The molecule has 106 valence electrons. The van der Waals surface area contributed by atoms with E-state index in [9.17, 15) is 4.79 Å². The molecule has 1 unspecified atom stereocenters. The predicted molar refractivity (Wildman–Crippen MR) is 83.6 cm³/mol. The Morgan fingerprint density at radius 3 is 2.79 bits per heavy atom. The number of nitrogens with zero attached hydrogens (tertiary/aromatic N) is 1. The second-order valence-corrected chi connectivity index (χ2v) is 7.01. The maximum atomic E-state index is 12.2. The Morgan fingerprint density at radius 1 is 1.53 bits per heavy atom. The van der Waals surface area contributed by atoms with Crippen molar-refractivity contribution in [1.29, 1.82) is 0 Å². The SMILES string of the molecule is CCC(CC)(CN1C(=O)CNC1c1ccsc1)SC. The summed E-state index contributed by atoms with van der Waals surface area (Å²) in [5, 5.41) is 7.52. The molecule has 2 heterocycles. The molecule has 0 saturated carbocycles. The third-order valence-corrected chi connectivity index (χ3v) is 6.39. The van der Waals surface area contributed by atoms with Gasteiger partial charge in [-0.2, -0.15) is 23.1 Å². The van der Waals surface area contributed by atoms with Crippen molar-refractivity contribution in [2.45, 2.75) is 37.6 Å². The summed E-state index contributed by atoms with van der Waals surface area (Å²) < 4.78 is 0.177. The van der Waals surface area contributed by atoms with Crippen LogP contribution in [-0.2, 0) is 4.79 Å². The van der Waals surface area contributed by atoms with Crippen LogP contribution in [0.4, 0.5) is 0 Å². The molecule has 1 saturated heterocycles. The quantitative estimate of drug-likeness (QED) is 0.876. The minimum absolute atomic E-state index is 0.0587. The first-order chi connectivity index (χ1) is 9.15. The molecule has 1 N–H and O–H groups in total. The Kier molecular flexibility index (Phi) is 4.92. The van der Waals surface area contributed by atoms with Crippen molar-refractivity contribution in [2.75, 3.05) is 19.3 Å². The van der Waals surface area contributed by atoms with Gasteiger partial charge in [-0.05, 0) is 41.5 Å². The molecule has 3 nitrogen and oxygen atoms in total. The third-order valence-electron chi connectivity index (χ3n) is 4.12. The van der Waals surface area contributed by atoms with Crippen molar-refractivity contribution in [3.63, 3.8) is 0 Å². The van der Waals surface area contributed by atoms with E-state index in [0.29, 0.717) is 6.54 Å². The van der Waals surface area contributed by atoms with Crippen LogP contribution in [0.2, 0.25) is 0 Å².